The monoisotopic (exact) mass is 184 g/mol. The van der Waals surface area contributed by atoms with E-state index in [1.54, 1.807) is 13.8 Å². The van der Waals surface area contributed by atoms with E-state index in [2.05, 4.69) is 4.65 Å². The fourth-order valence-corrected chi connectivity index (χ4v) is 1.10. The van der Waals surface area contributed by atoms with Crippen LogP contribution in [0.1, 0.15) is 11.1 Å². The van der Waals surface area contributed by atoms with Gasteiger partial charge in [-0.15, -0.1) is 0 Å². The fourth-order valence-electron chi connectivity index (χ4n) is 1.10. The average molecular weight is 184 g/mol. The Morgan fingerprint density at radius 3 is 2.08 bits per heavy atom. The van der Waals surface area contributed by atoms with Gasteiger partial charge in [0.2, 0.25) is 0 Å². The van der Waals surface area contributed by atoms with Crippen molar-refractivity contribution in [2.45, 2.75) is 13.8 Å². The summed E-state index contributed by atoms with van der Waals surface area (Å²) >= 11 is 0. The Kier molecular flexibility index (Phi) is 2.90. The molecule has 2 N–H and O–H groups in total. The molecule has 0 bridgehead atoms. The van der Waals surface area contributed by atoms with Crippen LogP contribution in [0.5, 0.6) is 5.75 Å². The Morgan fingerprint density at radius 2 is 1.69 bits per heavy atom. The van der Waals surface area contributed by atoms with Crippen molar-refractivity contribution < 1.29 is 19.1 Å². The van der Waals surface area contributed by atoms with Crippen LogP contribution in [0.4, 0.5) is 4.39 Å². The van der Waals surface area contributed by atoms with Gasteiger partial charge in [-0.3, -0.25) is 0 Å². The summed E-state index contributed by atoms with van der Waals surface area (Å²) in [7, 11) is -1.87. The van der Waals surface area contributed by atoms with Gasteiger partial charge in [0.05, 0.1) is 0 Å². The largest absolute Gasteiger partial charge is 0.707 e. The molecule has 1 rings (SSSR count). The van der Waals surface area contributed by atoms with Crippen molar-refractivity contribution in [3.63, 3.8) is 0 Å². The number of rotatable bonds is 2. The van der Waals surface area contributed by atoms with Crippen LogP contribution in [0.3, 0.4) is 0 Å². The summed E-state index contributed by atoms with van der Waals surface area (Å²) in [5, 5.41) is 17.0. The maximum Gasteiger partial charge on any atom is 0.707 e. The summed E-state index contributed by atoms with van der Waals surface area (Å²) in [6.07, 6.45) is 0. The summed E-state index contributed by atoms with van der Waals surface area (Å²) in [5.41, 5.74) is 0.825. The summed E-state index contributed by atoms with van der Waals surface area (Å²) in [6.45, 7) is 3.16. The van der Waals surface area contributed by atoms with Gasteiger partial charge in [0.25, 0.3) is 0 Å². The second-order valence-corrected chi connectivity index (χ2v) is 2.82. The molecule has 0 saturated heterocycles. The van der Waals surface area contributed by atoms with Gasteiger partial charge in [-0.2, -0.15) is 0 Å². The van der Waals surface area contributed by atoms with E-state index >= 15 is 0 Å². The first-order valence-corrected chi connectivity index (χ1v) is 3.80. The Morgan fingerprint density at radius 1 is 1.23 bits per heavy atom. The molecule has 0 aliphatic carbocycles. The number of hydrogen-bond donors (Lipinski definition) is 2. The van der Waals surface area contributed by atoms with Gasteiger partial charge >= 0.3 is 7.32 Å². The van der Waals surface area contributed by atoms with Crippen molar-refractivity contribution in [2.24, 2.45) is 0 Å². The zero-order chi connectivity index (χ0) is 10.0. The molecule has 0 heterocycles. The van der Waals surface area contributed by atoms with Crippen LogP contribution in [0, 0.1) is 19.7 Å². The third-order valence-electron chi connectivity index (χ3n) is 1.65. The highest BCUT2D eigenvalue weighted by Gasteiger charge is 2.13. The molecule has 70 valence electrons. The Labute approximate surface area is 76.0 Å². The maximum absolute atomic E-state index is 13.1. The van der Waals surface area contributed by atoms with Gasteiger partial charge in [-0.05, 0) is 37.1 Å². The first-order valence-electron chi connectivity index (χ1n) is 3.80. The molecule has 1 aromatic carbocycles. The molecular formula is C8H10BFO3. The molecular weight excluding hydrogens is 174 g/mol. The lowest BCUT2D eigenvalue weighted by Crippen LogP contribution is -2.20. The van der Waals surface area contributed by atoms with Crippen LogP contribution in [0.25, 0.3) is 0 Å². The van der Waals surface area contributed by atoms with Crippen molar-refractivity contribution in [1.82, 2.24) is 0 Å². The predicted octanol–water partition coefficient (Wildman–Crippen LogP) is 0.791. The van der Waals surface area contributed by atoms with E-state index in [4.69, 9.17) is 10.0 Å². The highest BCUT2D eigenvalue weighted by atomic mass is 19.1. The minimum atomic E-state index is -1.87. The molecule has 1 aromatic rings. The first kappa shape index (κ1) is 10.0. The molecule has 0 amide bonds. The quantitative estimate of drug-likeness (QED) is 0.668. The molecule has 13 heavy (non-hydrogen) atoms. The van der Waals surface area contributed by atoms with Gasteiger partial charge in [0.15, 0.2) is 0 Å². The smallest absolute Gasteiger partial charge is 0.512 e. The zero-order valence-corrected chi connectivity index (χ0v) is 7.41. The topological polar surface area (TPSA) is 49.7 Å². The zero-order valence-electron chi connectivity index (χ0n) is 7.41. The molecule has 3 nitrogen and oxygen atoms in total. The van der Waals surface area contributed by atoms with Crippen molar-refractivity contribution >= 4 is 7.32 Å². The highest BCUT2D eigenvalue weighted by molar-refractivity contribution is 6.33. The number of halogens is 1. The number of hydrogen-bond acceptors (Lipinski definition) is 3. The van der Waals surface area contributed by atoms with E-state index in [1.807, 2.05) is 0 Å². The maximum atomic E-state index is 13.1. The molecule has 0 unspecified atom stereocenters. The predicted molar refractivity (Wildman–Crippen MR) is 46.7 cm³/mol. The van der Waals surface area contributed by atoms with Crippen LogP contribution < -0.4 is 4.65 Å². The van der Waals surface area contributed by atoms with Crippen molar-refractivity contribution in [1.29, 1.82) is 0 Å². The first-order chi connectivity index (χ1) is 6.00. The molecule has 5 heteroatoms. The Bertz CT molecular complexity index is 291. The van der Waals surface area contributed by atoms with E-state index in [0.29, 0.717) is 11.1 Å². The number of benzene rings is 1. The molecule has 0 atom stereocenters. The minimum Gasteiger partial charge on any atom is -0.512 e. The third-order valence-corrected chi connectivity index (χ3v) is 1.65. The van der Waals surface area contributed by atoms with Gasteiger partial charge in [-0.25, -0.2) is 4.39 Å². The minimum absolute atomic E-state index is 0.242. The van der Waals surface area contributed by atoms with Crippen molar-refractivity contribution in [2.75, 3.05) is 0 Å². The standard InChI is InChI=1S/C8H10BFO3/c1-5-3-7(13-9(11)12)4-6(2)8(5)10/h3-4,11-12H,1-2H3. The molecule has 0 aliphatic heterocycles. The van der Waals surface area contributed by atoms with Crippen LogP contribution in [-0.4, -0.2) is 17.4 Å². The van der Waals surface area contributed by atoms with Crippen LogP contribution in [0.15, 0.2) is 12.1 Å². The lowest BCUT2D eigenvalue weighted by Gasteiger charge is -2.07. The van der Waals surface area contributed by atoms with Crippen LogP contribution >= 0.6 is 0 Å². The summed E-state index contributed by atoms with van der Waals surface area (Å²) in [5.74, 6) is -0.0637. The second-order valence-electron chi connectivity index (χ2n) is 2.82. The molecule has 0 saturated carbocycles. The van der Waals surface area contributed by atoms with E-state index in [-0.39, 0.29) is 11.6 Å². The summed E-state index contributed by atoms with van der Waals surface area (Å²) in [6, 6.07) is 2.81. The summed E-state index contributed by atoms with van der Waals surface area (Å²) in [4.78, 5) is 0. The lowest BCUT2D eigenvalue weighted by atomic mass is 10.1. The molecule has 0 spiro atoms. The van der Waals surface area contributed by atoms with Crippen molar-refractivity contribution in [3.05, 3.63) is 29.1 Å². The highest BCUT2D eigenvalue weighted by Crippen LogP contribution is 2.20. The van der Waals surface area contributed by atoms with E-state index in [1.165, 1.54) is 12.1 Å². The molecule has 0 fully saturated rings. The van der Waals surface area contributed by atoms with Gasteiger partial charge in [-0.1, -0.05) is 0 Å². The normalized spacial score (nSPS) is 9.92. The average Bonchev–Trinajstić information content (AvgIpc) is 1.98. The Balaban J connectivity index is 2.99. The van der Waals surface area contributed by atoms with Crippen LogP contribution in [-0.2, 0) is 0 Å². The molecule has 0 aromatic heterocycles. The van der Waals surface area contributed by atoms with Crippen LogP contribution in [0.2, 0.25) is 0 Å². The lowest BCUT2D eigenvalue weighted by molar-refractivity contribution is 0.288. The molecule has 0 radical (unpaired) electrons. The van der Waals surface area contributed by atoms with Gasteiger partial charge in [0.1, 0.15) is 11.6 Å². The Hall–Kier alpha value is -1.07. The third kappa shape index (κ3) is 2.43. The van der Waals surface area contributed by atoms with Crippen molar-refractivity contribution in [3.8, 4) is 5.75 Å². The van der Waals surface area contributed by atoms with E-state index < -0.39 is 7.32 Å². The fraction of sp³-hybridized carbons (Fsp3) is 0.250. The number of aryl methyl sites for hydroxylation is 2. The van der Waals surface area contributed by atoms with Gasteiger partial charge in [0, 0.05) is 0 Å². The van der Waals surface area contributed by atoms with E-state index in [9.17, 15) is 4.39 Å². The SMILES string of the molecule is Cc1cc(OB(O)O)cc(C)c1F. The van der Waals surface area contributed by atoms with E-state index in [0.717, 1.165) is 0 Å². The van der Waals surface area contributed by atoms with Gasteiger partial charge < -0.3 is 14.7 Å². The molecule has 0 aliphatic rings. The second kappa shape index (κ2) is 3.76. The summed E-state index contributed by atoms with van der Waals surface area (Å²) < 4.78 is 17.6.